The molecule has 0 aliphatic carbocycles. The normalized spacial score (nSPS) is 19.1. The molecule has 0 bridgehead atoms. The van der Waals surface area contributed by atoms with Gasteiger partial charge in [0.25, 0.3) is 5.69 Å². The minimum absolute atomic E-state index is 0.0325. The fourth-order valence-corrected chi connectivity index (χ4v) is 5.02. The van der Waals surface area contributed by atoms with E-state index < -0.39 is 29.0 Å². The highest BCUT2D eigenvalue weighted by atomic mass is 16.6. The van der Waals surface area contributed by atoms with Crippen LogP contribution in [0.5, 0.6) is 11.5 Å². The highest BCUT2D eigenvalue weighted by molar-refractivity contribution is 5.49. The van der Waals surface area contributed by atoms with E-state index in [0.29, 0.717) is 11.5 Å². The van der Waals surface area contributed by atoms with E-state index in [2.05, 4.69) is 0 Å². The lowest BCUT2D eigenvalue weighted by atomic mass is 9.80. The van der Waals surface area contributed by atoms with E-state index in [-0.39, 0.29) is 18.7 Å². The predicted molar refractivity (Wildman–Crippen MR) is 144 cm³/mol. The molecule has 1 saturated heterocycles. The SMILES string of the molecule is COc1ccc(C(OC[C@@H]2O[C@H](n3ccc([N+](=O)[O-])c3)C[C@H]2O)(c2ccccc2)c2ccc(OC)cc2)cc1. The molecular formula is C30H30N2O7. The monoisotopic (exact) mass is 530 g/mol. The Morgan fingerprint density at radius 2 is 1.49 bits per heavy atom. The Kier molecular flexibility index (Phi) is 7.65. The number of rotatable bonds is 10. The number of hydrogen-bond donors (Lipinski definition) is 1. The number of nitro groups is 1. The molecule has 0 spiro atoms. The fourth-order valence-electron chi connectivity index (χ4n) is 5.02. The molecule has 0 radical (unpaired) electrons. The first kappa shape index (κ1) is 26.4. The number of methoxy groups -OCH3 is 2. The summed E-state index contributed by atoms with van der Waals surface area (Å²) in [6.45, 7) is 0.0635. The summed E-state index contributed by atoms with van der Waals surface area (Å²) in [5.41, 5.74) is 1.54. The van der Waals surface area contributed by atoms with Crippen LogP contribution >= 0.6 is 0 Å². The number of benzene rings is 3. The highest BCUT2D eigenvalue weighted by Crippen LogP contribution is 2.42. The molecule has 3 atom stereocenters. The van der Waals surface area contributed by atoms with Gasteiger partial charge in [0, 0.05) is 18.7 Å². The molecule has 2 heterocycles. The molecular weight excluding hydrogens is 500 g/mol. The Hall–Kier alpha value is -4.18. The molecule has 1 fully saturated rings. The maximum Gasteiger partial charge on any atom is 0.286 e. The van der Waals surface area contributed by atoms with E-state index in [0.717, 1.165) is 16.7 Å². The van der Waals surface area contributed by atoms with Gasteiger partial charge in [-0.05, 0) is 41.0 Å². The molecule has 1 aliphatic rings. The third-order valence-electron chi connectivity index (χ3n) is 7.08. The second-order valence-electron chi connectivity index (χ2n) is 9.32. The van der Waals surface area contributed by atoms with Gasteiger partial charge in [-0.1, -0.05) is 54.6 Å². The molecule has 4 aromatic rings. The van der Waals surface area contributed by atoms with Crippen molar-refractivity contribution in [1.29, 1.82) is 0 Å². The van der Waals surface area contributed by atoms with E-state index in [9.17, 15) is 15.2 Å². The van der Waals surface area contributed by atoms with Gasteiger partial charge in [-0.3, -0.25) is 10.1 Å². The second kappa shape index (κ2) is 11.3. The highest BCUT2D eigenvalue weighted by Gasteiger charge is 2.42. The first-order valence-corrected chi connectivity index (χ1v) is 12.6. The van der Waals surface area contributed by atoms with Gasteiger partial charge in [0.2, 0.25) is 0 Å². The van der Waals surface area contributed by atoms with Crippen molar-refractivity contribution < 1.29 is 29.0 Å². The molecule has 1 aromatic heterocycles. The molecule has 0 saturated carbocycles. The summed E-state index contributed by atoms with van der Waals surface area (Å²) in [6, 6.07) is 26.7. The van der Waals surface area contributed by atoms with Crippen molar-refractivity contribution in [3.63, 3.8) is 0 Å². The van der Waals surface area contributed by atoms with Gasteiger partial charge >= 0.3 is 0 Å². The van der Waals surface area contributed by atoms with E-state index in [1.165, 1.54) is 12.3 Å². The average molecular weight is 531 g/mol. The van der Waals surface area contributed by atoms with Crippen molar-refractivity contribution >= 4 is 5.69 Å². The Morgan fingerprint density at radius 1 is 0.923 bits per heavy atom. The van der Waals surface area contributed by atoms with Gasteiger partial charge in [0.1, 0.15) is 29.4 Å². The van der Waals surface area contributed by atoms with Crippen LogP contribution in [0, 0.1) is 10.1 Å². The lowest BCUT2D eigenvalue weighted by molar-refractivity contribution is -0.384. The molecule has 1 N–H and O–H groups in total. The van der Waals surface area contributed by atoms with Crippen molar-refractivity contribution in [2.45, 2.75) is 30.5 Å². The van der Waals surface area contributed by atoms with E-state index in [1.807, 2.05) is 78.9 Å². The van der Waals surface area contributed by atoms with Crippen LogP contribution in [0.15, 0.2) is 97.3 Å². The van der Waals surface area contributed by atoms with Gasteiger partial charge in [-0.25, -0.2) is 0 Å². The van der Waals surface area contributed by atoms with Crippen molar-refractivity contribution in [3.8, 4) is 11.5 Å². The standard InChI is InChI=1S/C30H30N2O7/c1-36-25-12-8-22(9-13-25)30(21-6-4-3-5-7-21,23-10-14-26(37-2)15-11-23)38-20-28-27(33)18-29(39-28)31-17-16-24(19-31)32(34)35/h3-17,19,27-29,33H,18,20H2,1-2H3/t27-,28+,29+/m1/s1. The summed E-state index contributed by atoms with van der Waals surface area (Å²) in [7, 11) is 3.24. The molecule has 0 unspecified atom stereocenters. The zero-order chi connectivity index (χ0) is 27.4. The minimum Gasteiger partial charge on any atom is -0.497 e. The zero-order valence-corrected chi connectivity index (χ0v) is 21.7. The van der Waals surface area contributed by atoms with Crippen molar-refractivity contribution in [1.82, 2.24) is 4.57 Å². The largest absolute Gasteiger partial charge is 0.497 e. The second-order valence-corrected chi connectivity index (χ2v) is 9.32. The molecule has 9 heteroatoms. The molecule has 9 nitrogen and oxygen atoms in total. The lowest BCUT2D eigenvalue weighted by Crippen LogP contribution is -2.38. The van der Waals surface area contributed by atoms with Crippen LogP contribution in [-0.4, -0.2) is 47.6 Å². The van der Waals surface area contributed by atoms with Crippen LogP contribution in [0.2, 0.25) is 0 Å². The minimum atomic E-state index is -1.05. The maximum absolute atomic E-state index is 11.1. The number of ether oxygens (including phenoxy) is 4. The summed E-state index contributed by atoms with van der Waals surface area (Å²) in [4.78, 5) is 10.7. The van der Waals surface area contributed by atoms with Gasteiger partial charge in [0.05, 0.1) is 38.1 Å². The van der Waals surface area contributed by atoms with Gasteiger partial charge in [-0.15, -0.1) is 0 Å². The summed E-state index contributed by atoms with van der Waals surface area (Å²) in [5, 5.41) is 22.0. The number of aliphatic hydroxyl groups is 1. The number of nitrogens with zero attached hydrogens (tertiary/aromatic N) is 2. The third kappa shape index (κ3) is 5.24. The molecule has 0 amide bonds. The Bertz CT molecular complexity index is 1340. The average Bonchev–Trinajstić information content (AvgIpc) is 3.62. The smallest absolute Gasteiger partial charge is 0.286 e. The zero-order valence-electron chi connectivity index (χ0n) is 21.7. The predicted octanol–water partition coefficient (Wildman–Crippen LogP) is 5.07. The Balaban J connectivity index is 1.51. The van der Waals surface area contributed by atoms with Crippen molar-refractivity contribution in [3.05, 3.63) is 124 Å². The molecule has 202 valence electrons. The van der Waals surface area contributed by atoms with E-state index >= 15 is 0 Å². The topological polar surface area (TPSA) is 105 Å². The molecule has 1 aliphatic heterocycles. The van der Waals surface area contributed by atoms with Crippen LogP contribution in [0.25, 0.3) is 0 Å². The molecule has 5 rings (SSSR count). The lowest BCUT2D eigenvalue weighted by Gasteiger charge is -2.37. The van der Waals surface area contributed by atoms with Crippen LogP contribution < -0.4 is 9.47 Å². The Morgan fingerprint density at radius 3 is 2.00 bits per heavy atom. The first-order chi connectivity index (χ1) is 18.9. The Labute approximate surface area is 226 Å². The van der Waals surface area contributed by atoms with Crippen LogP contribution in [0.3, 0.4) is 0 Å². The number of hydrogen-bond acceptors (Lipinski definition) is 7. The van der Waals surface area contributed by atoms with Crippen molar-refractivity contribution in [2.24, 2.45) is 0 Å². The van der Waals surface area contributed by atoms with E-state index in [1.54, 1.807) is 25.0 Å². The molecule has 3 aromatic carbocycles. The van der Waals surface area contributed by atoms with Crippen LogP contribution in [0.1, 0.15) is 29.3 Å². The van der Waals surface area contributed by atoms with Crippen LogP contribution in [0.4, 0.5) is 5.69 Å². The summed E-state index contributed by atoms with van der Waals surface area (Å²) in [6.07, 6.45) is 1.25. The summed E-state index contributed by atoms with van der Waals surface area (Å²) >= 11 is 0. The number of aromatic nitrogens is 1. The number of aliphatic hydroxyl groups excluding tert-OH is 1. The summed E-state index contributed by atoms with van der Waals surface area (Å²) < 4.78 is 25.4. The van der Waals surface area contributed by atoms with Crippen LogP contribution in [-0.2, 0) is 15.1 Å². The van der Waals surface area contributed by atoms with Gasteiger partial charge in [-0.2, -0.15) is 0 Å². The van der Waals surface area contributed by atoms with Crippen molar-refractivity contribution in [2.75, 3.05) is 20.8 Å². The quantitative estimate of drug-likeness (QED) is 0.173. The van der Waals surface area contributed by atoms with Gasteiger partial charge in [0.15, 0.2) is 0 Å². The fraction of sp³-hybridized carbons (Fsp3) is 0.267. The first-order valence-electron chi connectivity index (χ1n) is 12.6. The molecule has 39 heavy (non-hydrogen) atoms. The summed E-state index contributed by atoms with van der Waals surface area (Å²) in [5.74, 6) is 1.43. The third-order valence-corrected chi connectivity index (χ3v) is 7.08. The van der Waals surface area contributed by atoms with E-state index in [4.69, 9.17) is 18.9 Å². The maximum atomic E-state index is 11.1. The van der Waals surface area contributed by atoms with Gasteiger partial charge < -0.3 is 28.6 Å².